The molecule has 0 aliphatic carbocycles. The zero-order chi connectivity index (χ0) is 17.7. The molecule has 126 valence electrons. The van der Waals surface area contributed by atoms with Crippen molar-refractivity contribution >= 4 is 55.6 Å². The van der Waals surface area contributed by atoms with E-state index in [9.17, 15) is 9.90 Å². The Hall–Kier alpha value is -1.57. The highest BCUT2D eigenvalue weighted by Gasteiger charge is 2.07. The predicted octanol–water partition coefficient (Wildman–Crippen LogP) is 4.41. The molecule has 0 radical (unpaired) electrons. The average molecular weight is 477 g/mol. The molecular weight excluding hydrogens is 463 g/mol. The van der Waals surface area contributed by atoms with E-state index in [1.807, 2.05) is 0 Å². The van der Waals surface area contributed by atoms with E-state index in [1.165, 1.54) is 6.21 Å². The molecule has 0 spiro atoms. The third-order valence-electron chi connectivity index (χ3n) is 2.94. The molecule has 0 saturated heterocycles. The van der Waals surface area contributed by atoms with Gasteiger partial charge in [-0.15, -0.1) is 0 Å². The van der Waals surface area contributed by atoms with Gasteiger partial charge < -0.3 is 9.84 Å². The van der Waals surface area contributed by atoms with E-state index in [1.54, 1.807) is 37.3 Å². The summed E-state index contributed by atoms with van der Waals surface area (Å²) in [6.45, 7) is 1.56. The van der Waals surface area contributed by atoms with Crippen LogP contribution in [0.15, 0.2) is 44.4 Å². The van der Waals surface area contributed by atoms with Crippen molar-refractivity contribution in [3.63, 3.8) is 0 Å². The summed E-state index contributed by atoms with van der Waals surface area (Å²) in [5, 5.41) is 14.3. The number of carbonyl (C=O) groups is 1. The fourth-order valence-corrected chi connectivity index (χ4v) is 3.19. The van der Waals surface area contributed by atoms with Crippen LogP contribution in [0.4, 0.5) is 0 Å². The summed E-state index contributed by atoms with van der Waals surface area (Å²) in [5.41, 5.74) is 3.53. The van der Waals surface area contributed by atoms with Gasteiger partial charge in [0, 0.05) is 15.1 Å². The van der Waals surface area contributed by atoms with Crippen LogP contribution in [0.3, 0.4) is 0 Å². The van der Waals surface area contributed by atoms with Crippen LogP contribution in [-0.2, 0) is 4.79 Å². The Kier molecular flexibility index (Phi) is 6.65. The predicted molar refractivity (Wildman–Crippen MR) is 101 cm³/mol. The largest absolute Gasteiger partial charge is 0.507 e. The van der Waals surface area contributed by atoms with Gasteiger partial charge in [0.25, 0.3) is 5.91 Å². The van der Waals surface area contributed by atoms with Gasteiger partial charge in [-0.2, -0.15) is 5.10 Å². The fourth-order valence-electron chi connectivity index (χ4n) is 1.80. The van der Waals surface area contributed by atoms with Crippen LogP contribution in [0.25, 0.3) is 0 Å². The molecule has 0 aliphatic rings. The van der Waals surface area contributed by atoms with Crippen molar-refractivity contribution in [3.8, 4) is 11.5 Å². The minimum absolute atomic E-state index is 0.109. The van der Waals surface area contributed by atoms with Crippen molar-refractivity contribution in [2.75, 3.05) is 6.61 Å². The molecule has 0 unspecified atom stereocenters. The van der Waals surface area contributed by atoms with Crippen molar-refractivity contribution in [1.29, 1.82) is 0 Å². The number of ether oxygens (including phenoxy) is 1. The molecule has 2 aromatic carbocycles. The van der Waals surface area contributed by atoms with Crippen molar-refractivity contribution in [3.05, 3.63) is 55.4 Å². The lowest BCUT2D eigenvalue weighted by atomic mass is 10.1. The van der Waals surface area contributed by atoms with Gasteiger partial charge in [0.05, 0.1) is 10.7 Å². The molecule has 0 fully saturated rings. The summed E-state index contributed by atoms with van der Waals surface area (Å²) >= 11 is 12.5. The zero-order valence-electron chi connectivity index (χ0n) is 12.5. The highest BCUT2D eigenvalue weighted by atomic mass is 79.9. The standard InChI is InChI=1S/C16H13Br2ClN2O3/c1-9-4-11(17)5-10(16(9)23)7-20-21-15(22)8-24-14-3-2-12(19)6-13(14)18/h2-7,23H,8H2,1H3,(H,21,22). The number of halogens is 3. The van der Waals surface area contributed by atoms with Crippen molar-refractivity contribution < 1.29 is 14.6 Å². The Morgan fingerprint density at radius 1 is 1.38 bits per heavy atom. The van der Waals surface area contributed by atoms with Crippen LogP contribution in [0.2, 0.25) is 5.02 Å². The molecule has 0 heterocycles. The van der Waals surface area contributed by atoms with E-state index < -0.39 is 5.91 Å². The number of carbonyl (C=O) groups excluding carboxylic acids is 1. The van der Waals surface area contributed by atoms with Gasteiger partial charge in [-0.1, -0.05) is 27.5 Å². The Balaban J connectivity index is 1.91. The number of nitrogens with one attached hydrogen (secondary N) is 1. The number of nitrogens with zero attached hydrogens (tertiary/aromatic N) is 1. The molecule has 0 aromatic heterocycles. The molecule has 2 rings (SSSR count). The minimum Gasteiger partial charge on any atom is -0.507 e. The zero-order valence-corrected chi connectivity index (χ0v) is 16.4. The first kappa shape index (κ1) is 18.8. The second-order valence-electron chi connectivity index (χ2n) is 4.82. The summed E-state index contributed by atoms with van der Waals surface area (Å²) in [7, 11) is 0. The molecule has 0 bridgehead atoms. The molecule has 5 nitrogen and oxygen atoms in total. The number of hydrogen-bond donors (Lipinski definition) is 2. The quantitative estimate of drug-likeness (QED) is 0.496. The molecule has 8 heteroatoms. The number of hydrogen-bond acceptors (Lipinski definition) is 4. The first-order valence-electron chi connectivity index (χ1n) is 6.75. The van der Waals surface area contributed by atoms with Gasteiger partial charge in [0.15, 0.2) is 6.61 Å². The molecule has 2 N–H and O–H groups in total. The third kappa shape index (κ3) is 5.22. The Morgan fingerprint density at radius 3 is 2.83 bits per heavy atom. The van der Waals surface area contributed by atoms with Crippen molar-refractivity contribution in [1.82, 2.24) is 5.43 Å². The SMILES string of the molecule is Cc1cc(Br)cc(C=NNC(=O)COc2ccc(Cl)cc2Br)c1O. The third-order valence-corrected chi connectivity index (χ3v) is 4.25. The normalized spacial score (nSPS) is 10.8. The molecule has 24 heavy (non-hydrogen) atoms. The Labute approximate surface area is 160 Å². The molecule has 2 aromatic rings. The number of aromatic hydroxyl groups is 1. The minimum atomic E-state index is -0.431. The lowest BCUT2D eigenvalue weighted by Gasteiger charge is -2.07. The van der Waals surface area contributed by atoms with Crippen LogP contribution < -0.4 is 10.2 Å². The van der Waals surface area contributed by atoms with E-state index in [4.69, 9.17) is 16.3 Å². The summed E-state index contributed by atoms with van der Waals surface area (Å²) in [5.74, 6) is 0.177. The number of phenols is 1. The van der Waals surface area contributed by atoms with E-state index in [0.717, 1.165) is 4.47 Å². The van der Waals surface area contributed by atoms with Crippen LogP contribution in [-0.4, -0.2) is 23.8 Å². The summed E-state index contributed by atoms with van der Waals surface area (Å²) in [4.78, 5) is 11.7. The van der Waals surface area contributed by atoms with Gasteiger partial charge >= 0.3 is 0 Å². The first-order chi connectivity index (χ1) is 11.4. The average Bonchev–Trinajstić information content (AvgIpc) is 2.51. The summed E-state index contributed by atoms with van der Waals surface area (Å²) in [6.07, 6.45) is 1.36. The monoisotopic (exact) mass is 474 g/mol. The highest BCUT2D eigenvalue weighted by Crippen LogP contribution is 2.28. The van der Waals surface area contributed by atoms with Crippen molar-refractivity contribution in [2.24, 2.45) is 5.10 Å². The van der Waals surface area contributed by atoms with E-state index >= 15 is 0 Å². The topological polar surface area (TPSA) is 70.9 Å². The lowest BCUT2D eigenvalue weighted by molar-refractivity contribution is -0.123. The molecule has 0 atom stereocenters. The van der Waals surface area contributed by atoms with Crippen LogP contribution in [0.5, 0.6) is 11.5 Å². The Morgan fingerprint density at radius 2 is 2.12 bits per heavy atom. The molecule has 0 saturated carbocycles. The number of amides is 1. The maximum Gasteiger partial charge on any atom is 0.277 e. The molecule has 1 amide bonds. The van der Waals surface area contributed by atoms with Crippen LogP contribution in [0, 0.1) is 6.92 Å². The summed E-state index contributed by atoms with van der Waals surface area (Å²) in [6, 6.07) is 8.47. The second kappa shape index (κ2) is 8.50. The van der Waals surface area contributed by atoms with Gasteiger partial charge in [0.2, 0.25) is 0 Å². The second-order valence-corrected chi connectivity index (χ2v) is 7.02. The van der Waals surface area contributed by atoms with E-state index in [2.05, 4.69) is 42.4 Å². The number of rotatable bonds is 5. The first-order valence-corrected chi connectivity index (χ1v) is 8.72. The maximum absolute atomic E-state index is 11.7. The van der Waals surface area contributed by atoms with Gasteiger partial charge in [-0.3, -0.25) is 4.79 Å². The van der Waals surface area contributed by atoms with Crippen molar-refractivity contribution in [2.45, 2.75) is 6.92 Å². The molecular formula is C16H13Br2ClN2O3. The smallest absolute Gasteiger partial charge is 0.277 e. The molecule has 0 aliphatic heterocycles. The number of benzene rings is 2. The maximum atomic E-state index is 11.7. The van der Waals surface area contributed by atoms with Crippen LogP contribution >= 0.6 is 43.5 Å². The highest BCUT2D eigenvalue weighted by molar-refractivity contribution is 9.10. The Bertz CT molecular complexity index is 797. The fraction of sp³-hybridized carbons (Fsp3) is 0.125. The van der Waals surface area contributed by atoms with E-state index in [-0.39, 0.29) is 12.4 Å². The number of hydrazone groups is 1. The van der Waals surface area contributed by atoms with Crippen LogP contribution in [0.1, 0.15) is 11.1 Å². The van der Waals surface area contributed by atoms with E-state index in [0.29, 0.717) is 26.4 Å². The van der Waals surface area contributed by atoms with Gasteiger partial charge in [0.1, 0.15) is 11.5 Å². The van der Waals surface area contributed by atoms with Gasteiger partial charge in [-0.25, -0.2) is 5.43 Å². The number of aryl methyl sites for hydroxylation is 1. The lowest BCUT2D eigenvalue weighted by Crippen LogP contribution is -2.24. The number of phenolic OH excluding ortho intramolecular Hbond substituents is 1. The van der Waals surface area contributed by atoms with Gasteiger partial charge in [-0.05, 0) is 58.7 Å². The summed E-state index contributed by atoms with van der Waals surface area (Å²) < 4.78 is 6.83.